The molecule has 0 aliphatic carbocycles. The van der Waals surface area contributed by atoms with Crippen molar-refractivity contribution in [3.05, 3.63) is 53.2 Å². The van der Waals surface area contributed by atoms with E-state index in [1.165, 1.54) is 10.5 Å². The van der Waals surface area contributed by atoms with Crippen molar-refractivity contribution in [2.45, 2.75) is 18.0 Å². The van der Waals surface area contributed by atoms with Crippen molar-refractivity contribution >= 4 is 11.8 Å². The number of quaternary nitrogens is 1. The quantitative estimate of drug-likeness (QED) is 0.671. The summed E-state index contributed by atoms with van der Waals surface area (Å²) < 4.78 is 5.69. The molecule has 1 atom stereocenters. The van der Waals surface area contributed by atoms with Crippen LogP contribution in [0.3, 0.4) is 0 Å². The van der Waals surface area contributed by atoms with Gasteiger partial charge in [0.15, 0.2) is 0 Å². The fourth-order valence-corrected chi connectivity index (χ4v) is 3.49. The summed E-state index contributed by atoms with van der Waals surface area (Å²) in [6, 6.07) is 14.1. The van der Waals surface area contributed by atoms with E-state index in [2.05, 4.69) is 13.1 Å². The molecule has 0 saturated heterocycles. The van der Waals surface area contributed by atoms with Crippen LogP contribution in [0.25, 0.3) is 0 Å². The van der Waals surface area contributed by atoms with Crippen LogP contribution in [0.2, 0.25) is 0 Å². The fraction of sp³-hybridized carbons (Fsp3) is 0.333. The van der Waals surface area contributed by atoms with Gasteiger partial charge in [0, 0.05) is 17.7 Å². The summed E-state index contributed by atoms with van der Waals surface area (Å²) in [6.45, 7) is 2.66. The van der Waals surface area contributed by atoms with E-state index in [4.69, 9.17) is 9.72 Å². The van der Waals surface area contributed by atoms with Crippen molar-refractivity contribution in [1.29, 1.82) is 5.26 Å². The van der Waals surface area contributed by atoms with Gasteiger partial charge in [-0.25, -0.2) is 4.98 Å². The number of para-hydroxylation sites is 1. The van der Waals surface area contributed by atoms with Crippen LogP contribution >= 0.6 is 11.8 Å². The Morgan fingerprint density at radius 2 is 2.17 bits per heavy atom. The normalized spacial score (nSPS) is 16.4. The Kier molecular flexibility index (Phi) is 5.16. The molecule has 0 saturated carbocycles. The Morgan fingerprint density at radius 3 is 2.96 bits per heavy atom. The van der Waals surface area contributed by atoms with E-state index in [-0.39, 0.29) is 0 Å². The van der Waals surface area contributed by atoms with Gasteiger partial charge in [-0.15, -0.1) is 11.8 Å². The molecule has 0 spiro atoms. The van der Waals surface area contributed by atoms with Gasteiger partial charge in [0.05, 0.1) is 31.5 Å². The summed E-state index contributed by atoms with van der Waals surface area (Å²) in [6.07, 6.45) is 0.987. The number of aromatic nitrogens is 1. The van der Waals surface area contributed by atoms with Crippen LogP contribution < -0.4 is 9.64 Å². The first-order valence-corrected chi connectivity index (χ1v) is 8.79. The van der Waals surface area contributed by atoms with Crippen molar-refractivity contribution < 1.29 is 9.64 Å². The van der Waals surface area contributed by atoms with E-state index >= 15 is 0 Å². The van der Waals surface area contributed by atoms with Gasteiger partial charge in [0.1, 0.15) is 23.4 Å². The molecule has 2 heterocycles. The summed E-state index contributed by atoms with van der Waals surface area (Å²) in [5, 5.41) is 10.2. The molecule has 0 amide bonds. The molecule has 1 N–H and O–H groups in total. The Bertz CT molecular complexity index is 712. The number of likely N-dealkylation sites (N-methyl/N-ethyl adjacent to an activating group) is 1. The molecule has 5 heteroatoms. The average Bonchev–Trinajstić information content (AvgIpc) is 2.59. The third kappa shape index (κ3) is 4.04. The van der Waals surface area contributed by atoms with Crippen molar-refractivity contribution in [2.75, 3.05) is 26.0 Å². The van der Waals surface area contributed by atoms with Gasteiger partial charge in [-0.3, -0.25) is 0 Å². The van der Waals surface area contributed by atoms with Gasteiger partial charge in [-0.1, -0.05) is 18.2 Å². The number of hydrogen-bond donors (Lipinski definition) is 1. The molecule has 0 fully saturated rings. The number of ether oxygens (including phenoxy) is 1. The highest BCUT2D eigenvalue weighted by atomic mass is 32.2. The monoisotopic (exact) mass is 326 g/mol. The second-order valence-corrected chi connectivity index (χ2v) is 6.79. The molecule has 1 aromatic heterocycles. The molecular formula is C18H20N3OS+. The topological polar surface area (TPSA) is 50.4 Å². The van der Waals surface area contributed by atoms with Gasteiger partial charge in [-0.05, 0) is 18.2 Å². The molecule has 2 aromatic rings. The minimum absolute atomic E-state index is 0.602. The summed E-state index contributed by atoms with van der Waals surface area (Å²) in [7, 11) is 2.18. The van der Waals surface area contributed by atoms with E-state index in [1.54, 1.807) is 11.8 Å². The number of rotatable bonds is 5. The standard InChI is InChI=1S/C18H19N3OS/c1-21-8-7-17-15(13-21)11-14(12-19)18(20-17)23-10-9-22-16-5-3-2-4-6-16/h2-6,11H,7-10,13H2,1H3/p+1. The van der Waals surface area contributed by atoms with Crippen LogP contribution in [0, 0.1) is 11.3 Å². The maximum atomic E-state index is 9.38. The van der Waals surface area contributed by atoms with Crippen molar-refractivity contribution in [1.82, 2.24) is 4.98 Å². The number of fused-ring (bicyclic) bond motifs is 1. The number of nitrogens with one attached hydrogen (secondary N) is 1. The van der Waals surface area contributed by atoms with Gasteiger partial charge >= 0.3 is 0 Å². The second-order valence-electron chi connectivity index (χ2n) is 5.70. The van der Waals surface area contributed by atoms with E-state index in [0.29, 0.717) is 12.2 Å². The van der Waals surface area contributed by atoms with E-state index in [9.17, 15) is 5.26 Å². The summed E-state index contributed by atoms with van der Waals surface area (Å²) in [5.41, 5.74) is 3.06. The highest BCUT2D eigenvalue weighted by molar-refractivity contribution is 7.99. The molecule has 4 nitrogen and oxygen atoms in total. The first-order chi connectivity index (χ1) is 11.3. The number of hydrogen-bond acceptors (Lipinski definition) is 4. The molecule has 0 bridgehead atoms. The van der Waals surface area contributed by atoms with Crippen LogP contribution in [0.1, 0.15) is 16.8 Å². The lowest BCUT2D eigenvalue weighted by Gasteiger charge is -2.22. The zero-order chi connectivity index (χ0) is 16.1. The smallest absolute Gasteiger partial charge is 0.119 e. The third-order valence-corrected chi connectivity index (χ3v) is 4.85. The number of nitrogens with zero attached hydrogens (tertiary/aromatic N) is 2. The number of pyridine rings is 1. The fourth-order valence-electron chi connectivity index (χ4n) is 2.69. The molecule has 118 valence electrons. The Balaban J connectivity index is 1.62. The number of benzene rings is 1. The van der Waals surface area contributed by atoms with Crippen molar-refractivity contribution in [3.8, 4) is 11.8 Å². The highest BCUT2D eigenvalue weighted by Gasteiger charge is 2.20. The van der Waals surface area contributed by atoms with Crippen LogP contribution in [0.15, 0.2) is 41.4 Å². The van der Waals surface area contributed by atoms with Gasteiger partial charge < -0.3 is 9.64 Å². The molecular weight excluding hydrogens is 306 g/mol. The van der Waals surface area contributed by atoms with E-state index < -0.39 is 0 Å². The molecule has 1 aromatic carbocycles. The van der Waals surface area contributed by atoms with Crippen molar-refractivity contribution in [2.24, 2.45) is 0 Å². The minimum atomic E-state index is 0.602. The van der Waals surface area contributed by atoms with E-state index in [0.717, 1.165) is 41.7 Å². The van der Waals surface area contributed by atoms with Crippen LogP contribution in [0.4, 0.5) is 0 Å². The Hall–Kier alpha value is -2.03. The zero-order valence-electron chi connectivity index (χ0n) is 13.2. The molecule has 1 unspecified atom stereocenters. The summed E-state index contributed by atoms with van der Waals surface area (Å²) >= 11 is 1.60. The maximum Gasteiger partial charge on any atom is 0.119 e. The van der Waals surface area contributed by atoms with Crippen molar-refractivity contribution in [3.63, 3.8) is 0 Å². The number of nitriles is 1. The maximum absolute atomic E-state index is 9.38. The Morgan fingerprint density at radius 1 is 1.35 bits per heavy atom. The van der Waals surface area contributed by atoms with Gasteiger partial charge in [0.25, 0.3) is 0 Å². The Labute approximate surface area is 141 Å². The van der Waals surface area contributed by atoms with Gasteiger partial charge in [-0.2, -0.15) is 5.26 Å². The minimum Gasteiger partial charge on any atom is -0.493 e. The van der Waals surface area contributed by atoms with Crippen LogP contribution in [-0.4, -0.2) is 30.9 Å². The number of thioether (sulfide) groups is 1. The largest absolute Gasteiger partial charge is 0.493 e. The lowest BCUT2D eigenvalue weighted by molar-refractivity contribution is -0.895. The average molecular weight is 326 g/mol. The third-order valence-electron chi connectivity index (χ3n) is 3.89. The summed E-state index contributed by atoms with van der Waals surface area (Å²) in [5.74, 6) is 1.65. The second kappa shape index (κ2) is 7.49. The predicted octanol–water partition coefficient (Wildman–Crippen LogP) is 1.70. The first kappa shape index (κ1) is 15.9. The zero-order valence-corrected chi connectivity index (χ0v) is 14.0. The van der Waals surface area contributed by atoms with Crippen LogP contribution in [0.5, 0.6) is 5.75 Å². The molecule has 0 radical (unpaired) electrons. The lowest BCUT2D eigenvalue weighted by atomic mass is 10.0. The molecule has 1 aliphatic heterocycles. The predicted molar refractivity (Wildman–Crippen MR) is 90.8 cm³/mol. The highest BCUT2D eigenvalue weighted by Crippen LogP contribution is 2.24. The molecule has 1 aliphatic rings. The van der Waals surface area contributed by atoms with Gasteiger partial charge in [0.2, 0.25) is 0 Å². The molecule has 23 heavy (non-hydrogen) atoms. The lowest BCUT2D eigenvalue weighted by Crippen LogP contribution is -3.08. The molecule has 3 rings (SSSR count). The van der Waals surface area contributed by atoms with E-state index in [1.807, 2.05) is 36.4 Å². The summed E-state index contributed by atoms with van der Waals surface area (Å²) in [4.78, 5) is 6.21. The van der Waals surface area contributed by atoms with Crippen LogP contribution in [-0.2, 0) is 13.0 Å². The SMILES string of the molecule is C[NH+]1CCc2nc(SCCOc3ccccc3)c(C#N)cc2C1. The first-order valence-electron chi connectivity index (χ1n) is 7.81.